The molecule has 1 aromatic carbocycles. The summed E-state index contributed by atoms with van der Waals surface area (Å²) in [6.07, 6.45) is 3.15. The third-order valence-electron chi connectivity index (χ3n) is 4.65. The van der Waals surface area contributed by atoms with E-state index in [0.717, 1.165) is 30.6 Å². The van der Waals surface area contributed by atoms with Crippen LogP contribution in [0.3, 0.4) is 0 Å². The van der Waals surface area contributed by atoms with E-state index in [9.17, 15) is 13.2 Å². The molecule has 8 heteroatoms. The number of hydrogen-bond acceptors (Lipinski definition) is 5. The number of carbonyl (C=O) groups is 1. The molecule has 1 N–H and O–H groups in total. The largest absolute Gasteiger partial charge is 0.361 e. The van der Waals surface area contributed by atoms with Crippen molar-refractivity contribution in [2.24, 2.45) is 0 Å². The Morgan fingerprint density at radius 1 is 1.37 bits per heavy atom. The molecular formula is C19H25N3O4S. The molecule has 27 heavy (non-hydrogen) atoms. The average molecular weight is 391 g/mol. The van der Waals surface area contributed by atoms with Gasteiger partial charge in [-0.2, -0.15) is 4.31 Å². The lowest BCUT2D eigenvalue weighted by Gasteiger charge is -2.24. The predicted molar refractivity (Wildman–Crippen MR) is 102 cm³/mol. The Morgan fingerprint density at radius 2 is 2.15 bits per heavy atom. The second-order valence-corrected chi connectivity index (χ2v) is 8.78. The summed E-state index contributed by atoms with van der Waals surface area (Å²) >= 11 is 0. The lowest BCUT2D eigenvalue weighted by molar-refractivity contribution is -0.114. The van der Waals surface area contributed by atoms with Crippen molar-refractivity contribution in [1.29, 1.82) is 0 Å². The van der Waals surface area contributed by atoms with Crippen LogP contribution in [0.2, 0.25) is 0 Å². The molecule has 1 saturated heterocycles. The van der Waals surface area contributed by atoms with E-state index in [1.54, 1.807) is 18.2 Å². The van der Waals surface area contributed by atoms with Gasteiger partial charge in [-0.1, -0.05) is 18.1 Å². The molecule has 0 saturated carbocycles. The number of aryl methyl sites for hydroxylation is 2. The van der Waals surface area contributed by atoms with E-state index < -0.39 is 10.0 Å². The van der Waals surface area contributed by atoms with Gasteiger partial charge in [0.05, 0.1) is 11.7 Å². The summed E-state index contributed by atoms with van der Waals surface area (Å²) < 4.78 is 33.7. The topological polar surface area (TPSA) is 92.5 Å². The zero-order valence-corrected chi connectivity index (χ0v) is 16.7. The Labute approximate surface area is 159 Å². The number of sulfonamides is 1. The van der Waals surface area contributed by atoms with Gasteiger partial charge in [0.25, 0.3) is 0 Å². The van der Waals surface area contributed by atoms with Gasteiger partial charge in [0.15, 0.2) is 0 Å². The molecule has 1 atom stereocenters. The van der Waals surface area contributed by atoms with Crippen LogP contribution in [0.1, 0.15) is 56.2 Å². The van der Waals surface area contributed by atoms with Crippen molar-refractivity contribution in [2.45, 2.75) is 57.4 Å². The van der Waals surface area contributed by atoms with Crippen molar-refractivity contribution in [1.82, 2.24) is 9.46 Å². The minimum Gasteiger partial charge on any atom is -0.361 e. The van der Waals surface area contributed by atoms with Crippen LogP contribution in [-0.4, -0.2) is 30.3 Å². The lowest BCUT2D eigenvalue weighted by atomic mass is 10.1. The summed E-state index contributed by atoms with van der Waals surface area (Å²) in [5.74, 6) is 0.459. The first-order valence-corrected chi connectivity index (χ1v) is 10.6. The molecule has 1 aliphatic rings. The second kappa shape index (κ2) is 7.82. The molecule has 2 heterocycles. The van der Waals surface area contributed by atoms with Gasteiger partial charge in [0, 0.05) is 26.0 Å². The van der Waals surface area contributed by atoms with E-state index in [2.05, 4.69) is 17.4 Å². The molecule has 1 fully saturated rings. The summed E-state index contributed by atoms with van der Waals surface area (Å²) in [6, 6.07) is 6.51. The van der Waals surface area contributed by atoms with Crippen LogP contribution in [0.4, 0.5) is 5.69 Å². The molecule has 0 bridgehead atoms. The number of benzene rings is 1. The normalized spacial score (nSPS) is 18.0. The van der Waals surface area contributed by atoms with Gasteiger partial charge in [-0.3, -0.25) is 4.79 Å². The van der Waals surface area contributed by atoms with E-state index in [4.69, 9.17) is 4.52 Å². The molecule has 7 nitrogen and oxygen atoms in total. The molecule has 1 aliphatic heterocycles. The highest BCUT2D eigenvalue weighted by molar-refractivity contribution is 7.89. The molecule has 3 rings (SSSR count). The van der Waals surface area contributed by atoms with Crippen LogP contribution in [0.25, 0.3) is 0 Å². The van der Waals surface area contributed by atoms with Gasteiger partial charge < -0.3 is 9.84 Å². The van der Waals surface area contributed by atoms with E-state index in [0.29, 0.717) is 24.3 Å². The van der Waals surface area contributed by atoms with E-state index in [-0.39, 0.29) is 16.8 Å². The number of amides is 1. The molecule has 0 aliphatic carbocycles. The number of rotatable bonds is 6. The van der Waals surface area contributed by atoms with Gasteiger partial charge in [-0.15, -0.1) is 0 Å². The van der Waals surface area contributed by atoms with Crippen molar-refractivity contribution in [3.8, 4) is 0 Å². The Balaban J connectivity index is 1.98. The number of anilines is 1. The number of hydrogen-bond donors (Lipinski definition) is 1. The first kappa shape index (κ1) is 19.6. The van der Waals surface area contributed by atoms with Crippen molar-refractivity contribution in [2.75, 3.05) is 11.9 Å². The Kier molecular flexibility index (Phi) is 5.67. The highest BCUT2D eigenvalue weighted by Gasteiger charge is 2.39. The minimum atomic E-state index is -3.80. The van der Waals surface area contributed by atoms with Crippen molar-refractivity contribution < 1.29 is 17.7 Å². The molecule has 0 radical (unpaired) electrons. The van der Waals surface area contributed by atoms with Crippen LogP contribution in [0.5, 0.6) is 0 Å². The lowest BCUT2D eigenvalue weighted by Crippen LogP contribution is -2.31. The Hall–Kier alpha value is -2.19. The number of nitrogens with one attached hydrogen (secondary N) is 1. The average Bonchev–Trinajstić information content (AvgIpc) is 3.25. The fourth-order valence-corrected chi connectivity index (χ4v) is 5.34. The monoisotopic (exact) mass is 391 g/mol. The maximum absolute atomic E-state index is 13.4. The van der Waals surface area contributed by atoms with Crippen molar-refractivity contribution >= 4 is 21.6 Å². The summed E-state index contributed by atoms with van der Waals surface area (Å²) in [5.41, 5.74) is 1.75. The maximum Gasteiger partial charge on any atom is 0.245 e. The van der Waals surface area contributed by atoms with Crippen LogP contribution in [0.15, 0.2) is 33.7 Å². The van der Waals surface area contributed by atoms with Crippen LogP contribution < -0.4 is 5.32 Å². The first-order valence-electron chi connectivity index (χ1n) is 9.18. The summed E-state index contributed by atoms with van der Waals surface area (Å²) in [4.78, 5) is 11.6. The quantitative estimate of drug-likeness (QED) is 0.814. The SMILES string of the molecule is CCCc1cc(C2CCCN2S(=O)(=O)c2cc(C)ccc2NC(C)=O)no1. The predicted octanol–water partition coefficient (Wildman–Crippen LogP) is 3.42. The summed E-state index contributed by atoms with van der Waals surface area (Å²) in [7, 11) is -3.80. The molecule has 1 amide bonds. The van der Waals surface area contributed by atoms with Gasteiger partial charge in [0.2, 0.25) is 15.9 Å². The molecule has 1 unspecified atom stereocenters. The highest BCUT2D eigenvalue weighted by atomic mass is 32.2. The highest BCUT2D eigenvalue weighted by Crippen LogP contribution is 2.38. The van der Waals surface area contributed by atoms with Crippen LogP contribution >= 0.6 is 0 Å². The Bertz CT molecular complexity index is 936. The second-order valence-electron chi connectivity index (χ2n) is 6.92. The van der Waals surface area contributed by atoms with Gasteiger partial charge >= 0.3 is 0 Å². The molecule has 146 valence electrons. The fraction of sp³-hybridized carbons (Fsp3) is 0.474. The van der Waals surface area contributed by atoms with Crippen LogP contribution in [0, 0.1) is 6.92 Å². The standard InChI is InChI=1S/C19H25N3O4S/c1-4-6-15-12-17(21-26-15)18-7-5-10-22(18)27(24,25)19-11-13(2)8-9-16(19)20-14(3)23/h8-9,11-12,18H,4-7,10H2,1-3H3,(H,20,23). The third kappa shape index (κ3) is 4.06. The molecular weight excluding hydrogens is 366 g/mol. The summed E-state index contributed by atoms with van der Waals surface area (Å²) in [6.45, 7) is 5.65. The number of carbonyl (C=O) groups excluding carboxylic acids is 1. The van der Waals surface area contributed by atoms with Crippen LogP contribution in [-0.2, 0) is 21.2 Å². The number of aromatic nitrogens is 1. The third-order valence-corrected chi connectivity index (χ3v) is 6.60. The zero-order valence-electron chi connectivity index (χ0n) is 15.9. The Morgan fingerprint density at radius 3 is 2.85 bits per heavy atom. The van der Waals surface area contributed by atoms with E-state index in [1.165, 1.54) is 11.2 Å². The first-order chi connectivity index (χ1) is 12.8. The number of nitrogens with zero attached hydrogens (tertiary/aromatic N) is 2. The van der Waals surface area contributed by atoms with E-state index in [1.807, 2.05) is 13.0 Å². The molecule has 1 aromatic heterocycles. The molecule has 0 spiro atoms. The van der Waals surface area contributed by atoms with Crippen molar-refractivity contribution in [3.05, 3.63) is 41.3 Å². The molecule has 2 aromatic rings. The fourth-order valence-electron chi connectivity index (χ4n) is 3.44. The zero-order chi connectivity index (χ0) is 19.6. The van der Waals surface area contributed by atoms with Gasteiger partial charge in [-0.25, -0.2) is 8.42 Å². The van der Waals surface area contributed by atoms with Gasteiger partial charge in [0.1, 0.15) is 16.3 Å². The maximum atomic E-state index is 13.4. The smallest absolute Gasteiger partial charge is 0.245 e. The summed E-state index contributed by atoms with van der Waals surface area (Å²) in [5, 5.41) is 6.74. The van der Waals surface area contributed by atoms with E-state index >= 15 is 0 Å². The minimum absolute atomic E-state index is 0.113. The van der Waals surface area contributed by atoms with Gasteiger partial charge in [-0.05, 0) is 43.9 Å². The van der Waals surface area contributed by atoms with Crippen molar-refractivity contribution in [3.63, 3.8) is 0 Å².